The molecule has 0 aromatic carbocycles. The third-order valence-corrected chi connectivity index (χ3v) is 4.72. The second-order valence-corrected chi connectivity index (χ2v) is 6.33. The Morgan fingerprint density at radius 2 is 2.19 bits per heavy atom. The molecule has 7 heteroatoms. The summed E-state index contributed by atoms with van der Waals surface area (Å²) in [6.07, 6.45) is 4.05. The number of likely N-dealkylation sites (tertiary alicyclic amines) is 1. The van der Waals surface area contributed by atoms with E-state index in [1.807, 2.05) is 0 Å². The highest BCUT2D eigenvalue weighted by molar-refractivity contribution is 6.07. The topological polar surface area (TPSA) is 90.5 Å². The Labute approximate surface area is 123 Å². The molecule has 116 valence electrons. The first-order valence-electron chi connectivity index (χ1n) is 7.71. The molecule has 3 heterocycles. The second kappa shape index (κ2) is 5.63. The maximum absolute atomic E-state index is 12.4. The average Bonchev–Trinajstić information content (AvgIpc) is 2.74. The maximum Gasteiger partial charge on any atom is 0.322 e. The van der Waals surface area contributed by atoms with Crippen molar-refractivity contribution in [1.82, 2.24) is 20.9 Å². The molecule has 3 aliphatic heterocycles. The van der Waals surface area contributed by atoms with Crippen LogP contribution in [0.3, 0.4) is 0 Å². The van der Waals surface area contributed by atoms with E-state index in [0.717, 1.165) is 32.4 Å². The van der Waals surface area contributed by atoms with Gasteiger partial charge in [-0.2, -0.15) is 0 Å². The SMILES string of the molecule is O=C1NC(=O)C2(CCCN(C(=O)CC3CCCNC3)C2)N1. The molecule has 0 aliphatic carbocycles. The Balaban J connectivity index is 1.61. The lowest BCUT2D eigenvalue weighted by Crippen LogP contribution is -2.59. The van der Waals surface area contributed by atoms with Gasteiger partial charge >= 0.3 is 6.03 Å². The molecule has 3 aliphatic rings. The minimum atomic E-state index is -0.907. The zero-order valence-corrected chi connectivity index (χ0v) is 12.1. The van der Waals surface area contributed by atoms with Gasteiger partial charge in [0.05, 0.1) is 6.54 Å². The number of amides is 4. The van der Waals surface area contributed by atoms with E-state index >= 15 is 0 Å². The summed E-state index contributed by atoms with van der Waals surface area (Å²) in [4.78, 5) is 37.5. The molecule has 1 spiro atoms. The lowest BCUT2D eigenvalue weighted by Gasteiger charge is -2.38. The van der Waals surface area contributed by atoms with E-state index in [1.165, 1.54) is 0 Å². The van der Waals surface area contributed by atoms with Crippen LogP contribution in [0.1, 0.15) is 32.1 Å². The number of imide groups is 1. The van der Waals surface area contributed by atoms with Crippen molar-refractivity contribution in [2.24, 2.45) is 5.92 Å². The zero-order valence-electron chi connectivity index (χ0n) is 12.1. The number of carbonyl (C=O) groups is 3. The molecule has 3 N–H and O–H groups in total. The van der Waals surface area contributed by atoms with Gasteiger partial charge in [-0.15, -0.1) is 0 Å². The van der Waals surface area contributed by atoms with Gasteiger partial charge in [0.1, 0.15) is 5.54 Å². The first-order valence-corrected chi connectivity index (χ1v) is 7.71. The molecule has 2 unspecified atom stereocenters. The van der Waals surface area contributed by atoms with Gasteiger partial charge in [-0.3, -0.25) is 14.9 Å². The lowest BCUT2D eigenvalue weighted by molar-refractivity contribution is -0.137. The largest absolute Gasteiger partial charge is 0.340 e. The van der Waals surface area contributed by atoms with Gasteiger partial charge in [0, 0.05) is 13.0 Å². The minimum absolute atomic E-state index is 0.0942. The van der Waals surface area contributed by atoms with E-state index in [-0.39, 0.29) is 11.8 Å². The number of hydrogen-bond donors (Lipinski definition) is 3. The van der Waals surface area contributed by atoms with Crippen LogP contribution >= 0.6 is 0 Å². The number of urea groups is 1. The van der Waals surface area contributed by atoms with E-state index < -0.39 is 11.6 Å². The van der Waals surface area contributed by atoms with E-state index in [0.29, 0.717) is 31.8 Å². The van der Waals surface area contributed by atoms with E-state index in [1.54, 1.807) is 4.90 Å². The monoisotopic (exact) mass is 294 g/mol. The standard InChI is InChI=1S/C14H22N4O3/c19-11(7-10-3-1-5-15-8-10)18-6-2-4-14(9-18)12(20)16-13(21)17-14/h10,15H,1-9H2,(H2,16,17,20,21). The third kappa shape index (κ3) is 2.88. The smallest absolute Gasteiger partial charge is 0.322 e. The Morgan fingerprint density at radius 3 is 2.86 bits per heavy atom. The molecular weight excluding hydrogens is 272 g/mol. The van der Waals surface area contributed by atoms with E-state index in [2.05, 4.69) is 16.0 Å². The van der Waals surface area contributed by atoms with Crippen LogP contribution in [-0.4, -0.2) is 54.5 Å². The molecule has 0 saturated carbocycles. The van der Waals surface area contributed by atoms with Crippen LogP contribution in [0.2, 0.25) is 0 Å². The van der Waals surface area contributed by atoms with Crippen molar-refractivity contribution in [3.05, 3.63) is 0 Å². The maximum atomic E-state index is 12.4. The number of piperidine rings is 2. The molecule has 0 bridgehead atoms. The Hall–Kier alpha value is -1.63. The quantitative estimate of drug-likeness (QED) is 0.603. The zero-order chi connectivity index (χ0) is 14.9. The first kappa shape index (κ1) is 14.3. The second-order valence-electron chi connectivity index (χ2n) is 6.33. The summed E-state index contributed by atoms with van der Waals surface area (Å²) in [6, 6.07) is -0.453. The molecule has 7 nitrogen and oxygen atoms in total. The van der Waals surface area contributed by atoms with Gasteiger partial charge in [0.15, 0.2) is 0 Å². The third-order valence-electron chi connectivity index (χ3n) is 4.72. The lowest BCUT2D eigenvalue weighted by atomic mass is 9.88. The van der Waals surface area contributed by atoms with Crippen molar-refractivity contribution in [3.63, 3.8) is 0 Å². The van der Waals surface area contributed by atoms with Crippen molar-refractivity contribution in [3.8, 4) is 0 Å². The van der Waals surface area contributed by atoms with Crippen LogP contribution in [0.25, 0.3) is 0 Å². The first-order chi connectivity index (χ1) is 10.1. The van der Waals surface area contributed by atoms with Crippen LogP contribution < -0.4 is 16.0 Å². The Kier molecular flexibility index (Phi) is 3.84. The van der Waals surface area contributed by atoms with Crippen molar-refractivity contribution in [2.45, 2.75) is 37.6 Å². The van der Waals surface area contributed by atoms with E-state index in [9.17, 15) is 14.4 Å². The highest BCUT2D eigenvalue weighted by atomic mass is 16.2. The van der Waals surface area contributed by atoms with Crippen molar-refractivity contribution in [2.75, 3.05) is 26.2 Å². The Bertz CT molecular complexity index is 461. The molecule has 3 rings (SSSR count). The number of nitrogens with one attached hydrogen (secondary N) is 3. The molecular formula is C14H22N4O3. The number of hydrogen-bond acceptors (Lipinski definition) is 4. The van der Waals surface area contributed by atoms with Crippen LogP contribution in [0.4, 0.5) is 4.79 Å². The molecule has 0 radical (unpaired) electrons. The van der Waals surface area contributed by atoms with Gasteiger partial charge in [0.25, 0.3) is 5.91 Å². The fraction of sp³-hybridized carbons (Fsp3) is 0.786. The fourth-order valence-electron chi connectivity index (χ4n) is 3.56. The summed E-state index contributed by atoms with van der Waals surface area (Å²) >= 11 is 0. The fourth-order valence-corrected chi connectivity index (χ4v) is 3.56. The molecule has 21 heavy (non-hydrogen) atoms. The summed E-state index contributed by atoms with van der Waals surface area (Å²) in [5.41, 5.74) is -0.907. The van der Waals surface area contributed by atoms with Crippen LogP contribution in [0.5, 0.6) is 0 Å². The van der Waals surface area contributed by atoms with Crippen LogP contribution in [0.15, 0.2) is 0 Å². The van der Waals surface area contributed by atoms with Gasteiger partial charge in [0.2, 0.25) is 5.91 Å². The highest BCUT2D eigenvalue weighted by Crippen LogP contribution is 2.26. The van der Waals surface area contributed by atoms with Crippen LogP contribution in [0, 0.1) is 5.92 Å². The van der Waals surface area contributed by atoms with Crippen LogP contribution in [-0.2, 0) is 9.59 Å². The molecule has 0 aromatic rings. The van der Waals surface area contributed by atoms with Gasteiger partial charge in [-0.25, -0.2) is 4.79 Å². The molecule has 4 amide bonds. The summed E-state index contributed by atoms with van der Waals surface area (Å²) in [6.45, 7) is 2.89. The summed E-state index contributed by atoms with van der Waals surface area (Å²) in [5, 5.41) is 8.30. The predicted molar refractivity (Wildman–Crippen MR) is 75.4 cm³/mol. The normalized spacial score (nSPS) is 33.0. The molecule has 3 saturated heterocycles. The molecule has 2 atom stereocenters. The number of carbonyl (C=O) groups excluding carboxylic acids is 3. The predicted octanol–water partition coefficient (Wildman–Crippen LogP) is -0.423. The van der Waals surface area contributed by atoms with Gasteiger partial charge < -0.3 is 15.5 Å². The van der Waals surface area contributed by atoms with Crippen molar-refractivity contribution >= 4 is 17.8 Å². The highest BCUT2D eigenvalue weighted by Gasteiger charge is 2.49. The van der Waals surface area contributed by atoms with Crippen molar-refractivity contribution < 1.29 is 14.4 Å². The summed E-state index contributed by atoms with van der Waals surface area (Å²) in [7, 11) is 0. The van der Waals surface area contributed by atoms with Gasteiger partial charge in [-0.05, 0) is 44.7 Å². The molecule has 0 aromatic heterocycles. The average molecular weight is 294 g/mol. The van der Waals surface area contributed by atoms with Gasteiger partial charge in [-0.1, -0.05) is 0 Å². The minimum Gasteiger partial charge on any atom is -0.340 e. The summed E-state index contributed by atoms with van der Waals surface area (Å²) in [5.74, 6) is 0.178. The van der Waals surface area contributed by atoms with E-state index in [4.69, 9.17) is 0 Å². The number of nitrogens with zero attached hydrogens (tertiary/aromatic N) is 1. The summed E-state index contributed by atoms with van der Waals surface area (Å²) < 4.78 is 0. The Morgan fingerprint density at radius 1 is 1.33 bits per heavy atom. The molecule has 3 fully saturated rings. The number of rotatable bonds is 2. The van der Waals surface area contributed by atoms with Crippen molar-refractivity contribution in [1.29, 1.82) is 0 Å².